The van der Waals surface area contributed by atoms with Crippen molar-refractivity contribution in [1.29, 1.82) is 0 Å². The Kier molecular flexibility index (Phi) is 4.60. The molecule has 0 radical (unpaired) electrons. The van der Waals surface area contributed by atoms with E-state index in [1.54, 1.807) is 6.92 Å². The third kappa shape index (κ3) is 3.56. The number of hydrogen-bond donors (Lipinski definition) is 2. The molecular weight excluding hydrogens is 312 g/mol. The number of nitrogens with one attached hydrogen (secondary N) is 1. The Morgan fingerprint density at radius 3 is 2.52 bits per heavy atom. The summed E-state index contributed by atoms with van der Waals surface area (Å²) in [5.41, 5.74) is 1.03. The van der Waals surface area contributed by atoms with Gasteiger partial charge in [-0.25, -0.2) is 13.6 Å². The van der Waals surface area contributed by atoms with Gasteiger partial charge in [-0.05, 0) is 43.4 Å². The highest BCUT2D eigenvalue weighted by Crippen LogP contribution is 2.34. The lowest BCUT2D eigenvalue weighted by Gasteiger charge is -2.17. The van der Waals surface area contributed by atoms with Crippen molar-refractivity contribution >= 4 is 33.2 Å². The van der Waals surface area contributed by atoms with Crippen LogP contribution in [-0.4, -0.2) is 14.3 Å². The van der Waals surface area contributed by atoms with Crippen LogP contribution in [0.5, 0.6) is 0 Å². The first-order valence-electron chi connectivity index (χ1n) is 6.84. The minimum Gasteiger partial charge on any atom is -0.324 e. The van der Waals surface area contributed by atoms with Crippen molar-refractivity contribution in [3.8, 4) is 0 Å². The molecule has 2 rings (SSSR count). The maximum atomic E-state index is 12.3. The van der Waals surface area contributed by atoms with Crippen LogP contribution in [0.15, 0.2) is 17.0 Å². The minimum atomic E-state index is -3.81. The average molecular weight is 331 g/mol. The smallest absolute Gasteiger partial charge is 0.238 e. The van der Waals surface area contributed by atoms with Gasteiger partial charge in [0.15, 0.2) is 0 Å². The topological polar surface area (TPSA) is 89.3 Å². The summed E-state index contributed by atoms with van der Waals surface area (Å²) in [6, 6.07) is 2.67. The van der Waals surface area contributed by atoms with Crippen LogP contribution in [0.1, 0.15) is 31.7 Å². The maximum absolute atomic E-state index is 12.3. The molecule has 5 nitrogen and oxygen atoms in total. The number of sulfonamides is 1. The van der Waals surface area contributed by atoms with E-state index in [1.165, 1.54) is 12.1 Å². The molecule has 0 spiro atoms. The summed E-state index contributed by atoms with van der Waals surface area (Å²) >= 11 is 6.09. The molecule has 0 saturated heterocycles. The first-order chi connectivity index (χ1) is 9.70. The fourth-order valence-corrected chi connectivity index (χ4v) is 3.79. The summed E-state index contributed by atoms with van der Waals surface area (Å²) in [4.78, 5) is 12.2. The van der Waals surface area contributed by atoms with Crippen LogP contribution in [0.25, 0.3) is 0 Å². The number of benzene rings is 1. The number of rotatable bonds is 3. The summed E-state index contributed by atoms with van der Waals surface area (Å²) in [5.74, 6) is 0.277. The third-order valence-corrected chi connectivity index (χ3v) is 5.23. The number of primary sulfonamides is 1. The van der Waals surface area contributed by atoms with Gasteiger partial charge in [-0.2, -0.15) is 0 Å². The number of anilines is 1. The van der Waals surface area contributed by atoms with Gasteiger partial charge < -0.3 is 5.32 Å². The van der Waals surface area contributed by atoms with Gasteiger partial charge in [0.1, 0.15) is 0 Å². The third-order valence-electron chi connectivity index (χ3n) is 4.04. The van der Waals surface area contributed by atoms with E-state index in [9.17, 15) is 13.2 Å². The SMILES string of the molecule is Cc1cc(S(N)(=O)=O)cc(Cl)c1NC(=O)C1CCCC1C. The molecule has 1 saturated carbocycles. The summed E-state index contributed by atoms with van der Waals surface area (Å²) in [6.45, 7) is 3.75. The predicted octanol–water partition coefficient (Wildman–Crippen LogP) is 2.67. The van der Waals surface area contributed by atoms with Crippen molar-refractivity contribution in [3.05, 3.63) is 22.7 Å². The van der Waals surface area contributed by atoms with Crippen molar-refractivity contribution in [1.82, 2.24) is 0 Å². The van der Waals surface area contributed by atoms with E-state index < -0.39 is 10.0 Å². The lowest BCUT2D eigenvalue weighted by molar-refractivity contribution is -0.120. The van der Waals surface area contributed by atoms with Gasteiger partial charge in [-0.15, -0.1) is 0 Å². The lowest BCUT2D eigenvalue weighted by atomic mass is 9.97. The molecule has 1 aromatic carbocycles. The molecule has 7 heteroatoms. The van der Waals surface area contributed by atoms with Crippen molar-refractivity contribution < 1.29 is 13.2 Å². The van der Waals surface area contributed by atoms with E-state index in [1.807, 2.05) is 0 Å². The van der Waals surface area contributed by atoms with Crippen LogP contribution in [0, 0.1) is 18.8 Å². The standard InChI is InChI=1S/C14H19ClN2O3S/c1-8-4-3-5-11(8)14(18)17-13-9(2)6-10(7-12(13)15)21(16,19)20/h6-8,11H,3-5H2,1-2H3,(H,17,18)(H2,16,19,20). The number of nitrogens with two attached hydrogens (primary N) is 1. The van der Waals surface area contributed by atoms with E-state index in [-0.39, 0.29) is 21.7 Å². The molecule has 0 bridgehead atoms. The molecule has 0 aromatic heterocycles. The molecule has 116 valence electrons. The van der Waals surface area contributed by atoms with Crippen molar-refractivity contribution in [2.75, 3.05) is 5.32 Å². The molecule has 0 heterocycles. The molecule has 2 atom stereocenters. The Hall–Kier alpha value is -1.11. The highest BCUT2D eigenvalue weighted by Gasteiger charge is 2.30. The second-order valence-corrected chi connectivity index (χ2v) is 7.61. The molecule has 21 heavy (non-hydrogen) atoms. The van der Waals surface area contributed by atoms with Crippen LogP contribution in [-0.2, 0) is 14.8 Å². The number of carbonyl (C=O) groups is 1. The van der Waals surface area contributed by atoms with Gasteiger partial charge in [0.25, 0.3) is 0 Å². The molecule has 1 aliphatic carbocycles. The highest BCUT2D eigenvalue weighted by atomic mass is 35.5. The van der Waals surface area contributed by atoms with E-state index >= 15 is 0 Å². The fourth-order valence-electron chi connectivity index (χ4n) is 2.79. The van der Waals surface area contributed by atoms with E-state index in [0.717, 1.165) is 19.3 Å². The van der Waals surface area contributed by atoms with Gasteiger partial charge in [0, 0.05) is 5.92 Å². The second-order valence-electron chi connectivity index (χ2n) is 5.65. The second kappa shape index (κ2) is 5.94. The number of aryl methyl sites for hydroxylation is 1. The molecule has 3 N–H and O–H groups in total. The number of halogens is 1. The van der Waals surface area contributed by atoms with Crippen LogP contribution >= 0.6 is 11.6 Å². The monoisotopic (exact) mass is 330 g/mol. The van der Waals surface area contributed by atoms with Crippen LogP contribution in [0.3, 0.4) is 0 Å². The van der Waals surface area contributed by atoms with Gasteiger partial charge in [-0.3, -0.25) is 4.79 Å². The average Bonchev–Trinajstić information content (AvgIpc) is 2.78. The minimum absolute atomic E-state index is 0.0154. The summed E-state index contributed by atoms with van der Waals surface area (Å²) in [6.07, 6.45) is 2.98. The number of hydrogen-bond acceptors (Lipinski definition) is 3. The van der Waals surface area contributed by atoms with Gasteiger partial charge in [0.2, 0.25) is 15.9 Å². The molecule has 1 fully saturated rings. The quantitative estimate of drug-likeness (QED) is 0.892. The fraction of sp³-hybridized carbons (Fsp3) is 0.500. The Bertz CT molecular complexity index is 650. The zero-order valence-electron chi connectivity index (χ0n) is 12.0. The molecule has 1 aromatic rings. The van der Waals surface area contributed by atoms with E-state index in [0.29, 0.717) is 17.2 Å². The highest BCUT2D eigenvalue weighted by molar-refractivity contribution is 7.89. The zero-order valence-corrected chi connectivity index (χ0v) is 13.6. The van der Waals surface area contributed by atoms with Crippen LogP contribution in [0.2, 0.25) is 5.02 Å². The maximum Gasteiger partial charge on any atom is 0.238 e. The molecule has 1 aliphatic rings. The normalized spacial score (nSPS) is 22.3. The van der Waals surface area contributed by atoms with Gasteiger partial charge in [0.05, 0.1) is 15.6 Å². The number of amides is 1. The van der Waals surface area contributed by atoms with Crippen LogP contribution < -0.4 is 10.5 Å². The van der Waals surface area contributed by atoms with Gasteiger partial charge >= 0.3 is 0 Å². The molecule has 2 unspecified atom stereocenters. The van der Waals surface area contributed by atoms with Crippen molar-refractivity contribution in [2.24, 2.45) is 17.0 Å². The summed E-state index contributed by atoms with van der Waals surface area (Å²) in [7, 11) is -3.81. The Balaban J connectivity index is 2.27. The van der Waals surface area contributed by atoms with E-state index in [2.05, 4.69) is 12.2 Å². The van der Waals surface area contributed by atoms with Crippen molar-refractivity contribution in [2.45, 2.75) is 38.0 Å². The lowest BCUT2D eigenvalue weighted by Crippen LogP contribution is -2.25. The first-order valence-corrected chi connectivity index (χ1v) is 8.76. The predicted molar refractivity (Wildman–Crippen MR) is 82.7 cm³/mol. The number of carbonyl (C=O) groups excluding carboxylic acids is 1. The Labute approximate surface area is 129 Å². The van der Waals surface area contributed by atoms with Gasteiger partial charge in [-0.1, -0.05) is 24.9 Å². The zero-order chi connectivity index (χ0) is 15.8. The van der Waals surface area contributed by atoms with Crippen LogP contribution in [0.4, 0.5) is 5.69 Å². The van der Waals surface area contributed by atoms with E-state index in [4.69, 9.17) is 16.7 Å². The Morgan fingerprint density at radius 2 is 2.05 bits per heavy atom. The molecular formula is C14H19ClN2O3S. The first kappa shape index (κ1) is 16.3. The summed E-state index contributed by atoms with van der Waals surface area (Å²) < 4.78 is 22.7. The molecule has 0 aliphatic heterocycles. The molecule has 1 amide bonds. The van der Waals surface area contributed by atoms with Crippen molar-refractivity contribution in [3.63, 3.8) is 0 Å². The Morgan fingerprint density at radius 1 is 1.38 bits per heavy atom. The summed E-state index contributed by atoms with van der Waals surface area (Å²) in [5, 5.41) is 8.09. The largest absolute Gasteiger partial charge is 0.324 e.